The van der Waals surface area contributed by atoms with Crippen molar-refractivity contribution in [2.24, 2.45) is 5.73 Å². The molecule has 74 valence electrons. The van der Waals surface area contributed by atoms with Gasteiger partial charge in [-0.15, -0.1) is 10.2 Å². The summed E-state index contributed by atoms with van der Waals surface area (Å²) in [6.45, 7) is 3.93. The molecule has 2 aromatic heterocycles. The van der Waals surface area contributed by atoms with Crippen LogP contribution in [0, 0.1) is 0 Å². The van der Waals surface area contributed by atoms with Gasteiger partial charge >= 0.3 is 0 Å². The molecule has 0 unspecified atom stereocenters. The van der Waals surface area contributed by atoms with Gasteiger partial charge in [0.25, 0.3) is 0 Å². The molecule has 0 fully saturated rings. The second kappa shape index (κ2) is 3.02. The molecule has 0 aliphatic carbocycles. The molecule has 2 N–H and O–H groups in total. The first-order valence-corrected chi connectivity index (χ1v) is 4.49. The third-order valence-corrected chi connectivity index (χ3v) is 1.90. The zero-order valence-electron chi connectivity index (χ0n) is 8.31. The van der Waals surface area contributed by atoms with E-state index in [-0.39, 0.29) is 5.54 Å². The summed E-state index contributed by atoms with van der Waals surface area (Å²) in [7, 11) is 0. The number of aromatic nitrogens is 4. The highest BCUT2D eigenvalue weighted by molar-refractivity contribution is 5.35. The Kier molecular flexibility index (Phi) is 1.96. The van der Waals surface area contributed by atoms with E-state index >= 15 is 0 Å². The molecular weight excluding hydrogens is 178 g/mol. The van der Waals surface area contributed by atoms with Crippen LogP contribution in [-0.2, 0) is 6.42 Å². The van der Waals surface area contributed by atoms with Crippen molar-refractivity contribution in [2.75, 3.05) is 0 Å². The third-order valence-electron chi connectivity index (χ3n) is 1.90. The minimum absolute atomic E-state index is 0.279. The van der Waals surface area contributed by atoms with Gasteiger partial charge in [0.1, 0.15) is 12.2 Å². The monoisotopic (exact) mass is 191 g/mol. The first-order valence-electron chi connectivity index (χ1n) is 4.49. The van der Waals surface area contributed by atoms with Gasteiger partial charge in [-0.3, -0.25) is 4.40 Å². The molecule has 0 spiro atoms. The fourth-order valence-corrected chi connectivity index (χ4v) is 1.32. The standard InChI is InChI=1S/C9H13N5/c1-9(2,10)5-8-13-12-7-3-4-11-6-14(7)8/h3-4,6H,5,10H2,1-2H3. The third kappa shape index (κ3) is 1.72. The summed E-state index contributed by atoms with van der Waals surface area (Å²) in [6.07, 6.45) is 4.08. The lowest BCUT2D eigenvalue weighted by Crippen LogP contribution is -2.35. The van der Waals surface area contributed by atoms with Crippen molar-refractivity contribution in [3.63, 3.8) is 0 Å². The highest BCUT2D eigenvalue weighted by Gasteiger charge is 2.16. The normalized spacial score (nSPS) is 12.2. The lowest BCUT2D eigenvalue weighted by molar-refractivity contribution is 0.499. The SMILES string of the molecule is CC(C)(N)Cc1nnc2ccncn12. The second-order valence-corrected chi connectivity index (χ2v) is 4.09. The Hall–Kier alpha value is -1.49. The first-order chi connectivity index (χ1) is 6.56. The van der Waals surface area contributed by atoms with Crippen molar-refractivity contribution in [1.82, 2.24) is 19.6 Å². The lowest BCUT2D eigenvalue weighted by Gasteiger charge is -2.16. The number of hydrogen-bond acceptors (Lipinski definition) is 4. The maximum Gasteiger partial charge on any atom is 0.163 e. The van der Waals surface area contributed by atoms with E-state index in [0.29, 0.717) is 6.42 Å². The number of hydrogen-bond donors (Lipinski definition) is 1. The van der Waals surface area contributed by atoms with E-state index < -0.39 is 0 Å². The van der Waals surface area contributed by atoms with Crippen molar-refractivity contribution in [3.05, 3.63) is 24.4 Å². The van der Waals surface area contributed by atoms with Crippen LogP contribution in [-0.4, -0.2) is 25.1 Å². The molecule has 2 heterocycles. The van der Waals surface area contributed by atoms with Gasteiger partial charge in [-0.25, -0.2) is 4.98 Å². The average Bonchev–Trinajstić information content (AvgIpc) is 2.47. The Balaban J connectivity index is 2.44. The fourth-order valence-electron chi connectivity index (χ4n) is 1.32. The molecule has 0 aliphatic rings. The van der Waals surface area contributed by atoms with Crippen LogP contribution in [0.3, 0.4) is 0 Å². The van der Waals surface area contributed by atoms with Gasteiger partial charge < -0.3 is 5.73 Å². The summed E-state index contributed by atoms with van der Waals surface area (Å²) < 4.78 is 1.86. The number of nitrogens with two attached hydrogens (primary N) is 1. The van der Waals surface area contributed by atoms with Gasteiger partial charge in [-0.2, -0.15) is 0 Å². The van der Waals surface area contributed by atoms with E-state index in [1.807, 2.05) is 24.3 Å². The Bertz CT molecular complexity index is 440. The van der Waals surface area contributed by atoms with Gasteiger partial charge in [0.2, 0.25) is 0 Å². The van der Waals surface area contributed by atoms with Crippen LogP contribution in [0.5, 0.6) is 0 Å². The number of nitrogens with zero attached hydrogens (tertiary/aromatic N) is 4. The molecule has 2 aromatic rings. The van der Waals surface area contributed by atoms with Crippen molar-refractivity contribution < 1.29 is 0 Å². The van der Waals surface area contributed by atoms with Crippen LogP contribution in [0.15, 0.2) is 18.6 Å². The van der Waals surface area contributed by atoms with Gasteiger partial charge in [-0.1, -0.05) is 0 Å². The van der Waals surface area contributed by atoms with Crippen LogP contribution in [0.4, 0.5) is 0 Å². The van der Waals surface area contributed by atoms with Gasteiger partial charge in [0.05, 0.1) is 0 Å². The Morgan fingerprint density at radius 3 is 2.93 bits per heavy atom. The molecule has 0 amide bonds. The molecule has 2 rings (SSSR count). The molecule has 5 nitrogen and oxygen atoms in total. The minimum atomic E-state index is -0.279. The summed E-state index contributed by atoms with van der Waals surface area (Å²) >= 11 is 0. The molecule has 0 aromatic carbocycles. The topological polar surface area (TPSA) is 69.1 Å². The second-order valence-electron chi connectivity index (χ2n) is 4.09. The molecule has 0 saturated carbocycles. The van der Waals surface area contributed by atoms with Crippen molar-refractivity contribution >= 4 is 5.65 Å². The summed E-state index contributed by atoms with van der Waals surface area (Å²) in [6, 6.07) is 1.82. The molecule has 0 atom stereocenters. The highest BCUT2D eigenvalue weighted by atomic mass is 15.3. The van der Waals surface area contributed by atoms with Gasteiger partial charge in [-0.05, 0) is 13.8 Å². The molecule has 0 saturated heterocycles. The summed E-state index contributed by atoms with van der Waals surface area (Å²) in [5, 5.41) is 8.09. The Morgan fingerprint density at radius 2 is 2.21 bits per heavy atom. The van der Waals surface area contributed by atoms with E-state index in [2.05, 4.69) is 15.2 Å². The van der Waals surface area contributed by atoms with Crippen molar-refractivity contribution in [3.8, 4) is 0 Å². The van der Waals surface area contributed by atoms with Gasteiger partial charge in [0, 0.05) is 24.2 Å². The molecule has 0 bridgehead atoms. The van der Waals surface area contributed by atoms with Crippen molar-refractivity contribution in [1.29, 1.82) is 0 Å². The van der Waals surface area contributed by atoms with Crippen molar-refractivity contribution in [2.45, 2.75) is 25.8 Å². The van der Waals surface area contributed by atoms with E-state index in [1.54, 1.807) is 12.5 Å². The van der Waals surface area contributed by atoms with Crippen LogP contribution in [0.2, 0.25) is 0 Å². The van der Waals surface area contributed by atoms with Crippen LogP contribution in [0.25, 0.3) is 5.65 Å². The average molecular weight is 191 g/mol. The number of fused-ring (bicyclic) bond motifs is 1. The van der Waals surface area contributed by atoms with Crippen LogP contribution in [0.1, 0.15) is 19.7 Å². The minimum Gasteiger partial charge on any atom is -0.325 e. The molecule has 0 aliphatic heterocycles. The Labute approximate surface area is 82.0 Å². The number of rotatable bonds is 2. The maximum atomic E-state index is 5.92. The predicted molar refractivity (Wildman–Crippen MR) is 52.8 cm³/mol. The molecular formula is C9H13N5. The fraction of sp³-hybridized carbons (Fsp3) is 0.444. The highest BCUT2D eigenvalue weighted by Crippen LogP contribution is 2.08. The van der Waals surface area contributed by atoms with E-state index in [4.69, 9.17) is 5.73 Å². The zero-order chi connectivity index (χ0) is 10.2. The van der Waals surface area contributed by atoms with E-state index in [0.717, 1.165) is 11.5 Å². The summed E-state index contributed by atoms with van der Waals surface area (Å²) in [4.78, 5) is 4.02. The lowest BCUT2D eigenvalue weighted by atomic mass is 10.0. The molecule has 5 heteroatoms. The summed E-state index contributed by atoms with van der Waals surface area (Å²) in [5.41, 5.74) is 6.44. The van der Waals surface area contributed by atoms with Crippen LogP contribution < -0.4 is 5.73 Å². The largest absolute Gasteiger partial charge is 0.325 e. The Morgan fingerprint density at radius 1 is 1.43 bits per heavy atom. The maximum absolute atomic E-state index is 5.92. The van der Waals surface area contributed by atoms with E-state index in [1.165, 1.54) is 0 Å². The first kappa shape index (κ1) is 9.08. The quantitative estimate of drug-likeness (QED) is 0.746. The smallest absolute Gasteiger partial charge is 0.163 e. The van der Waals surface area contributed by atoms with Crippen LogP contribution >= 0.6 is 0 Å². The zero-order valence-corrected chi connectivity index (χ0v) is 8.31. The molecule has 14 heavy (non-hydrogen) atoms. The van der Waals surface area contributed by atoms with E-state index in [9.17, 15) is 0 Å². The molecule has 0 radical (unpaired) electrons. The summed E-state index contributed by atoms with van der Waals surface area (Å²) in [5.74, 6) is 0.848. The predicted octanol–water partition coefficient (Wildman–Crippen LogP) is 0.404. The van der Waals surface area contributed by atoms with Gasteiger partial charge in [0.15, 0.2) is 5.65 Å².